The number of carboxylic acids is 1. The highest BCUT2D eigenvalue weighted by Gasteiger charge is 2.14. The minimum absolute atomic E-state index is 0.236. The Balaban J connectivity index is 2.34. The van der Waals surface area contributed by atoms with Gasteiger partial charge in [-0.1, -0.05) is 11.6 Å². The van der Waals surface area contributed by atoms with E-state index in [0.717, 1.165) is 5.56 Å². The Bertz CT molecular complexity index is 760. The maximum atomic E-state index is 11.4. The van der Waals surface area contributed by atoms with Crippen molar-refractivity contribution in [1.29, 1.82) is 0 Å². The van der Waals surface area contributed by atoms with Crippen LogP contribution in [0.3, 0.4) is 0 Å². The van der Waals surface area contributed by atoms with Crippen LogP contribution in [-0.2, 0) is 0 Å². The first-order chi connectivity index (χ1) is 9.15. The molecule has 94 valence electrons. The van der Waals surface area contributed by atoms with Gasteiger partial charge in [-0.25, -0.2) is 9.78 Å². The summed E-state index contributed by atoms with van der Waals surface area (Å²) in [4.78, 5) is 15.8. The average Bonchev–Trinajstić information content (AvgIpc) is 2.91. The highest BCUT2D eigenvalue weighted by molar-refractivity contribution is 6.03. The molecular formula is C15H11NO3. The lowest BCUT2D eigenvalue weighted by atomic mass is 10.0. The van der Waals surface area contributed by atoms with Crippen molar-refractivity contribution < 1.29 is 14.3 Å². The molecule has 1 aromatic carbocycles. The summed E-state index contributed by atoms with van der Waals surface area (Å²) in [6.07, 6.45) is 1.54. The first kappa shape index (κ1) is 11.5. The molecule has 0 bridgehead atoms. The molecule has 19 heavy (non-hydrogen) atoms. The minimum atomic E-state index is -0.967. The van der Waals surface area contributed by atoms with Crippen molar-refractivity contribution in [2.24, 2.45) is 0 Å². The molecule has 1 N–H and O–H groups in total. The van der Waals surface area contributed by atoms with Crippen LogP contribution in [0.4, 0.5) is 0 Å². The number of hydrogen-bond donors (Lipinski definition) is 1. The molecule has 0 unspecified atom stereocenters. The molecule has 0 saturated carbocycles. The third-order valence-corrected chi connectivity index (χ3v) is 2.97. The van der Waals surface area contributed by atoms with Crippen molar-refractivity contribution in [2.45, 2.75) is 6.92 Å². The van der Waals surface area contributed by atoms with Gasteiger partial charge in [-0.3, -0.25) is 0 Å². The van der Waals surface area contributed by atoms with Crippen molar-refractivity contribution in [1.82, 2.24) is 4.98 Å². The smallest absolute Gasteiger partial charge is 0.336 e. The Morgan fingerprint density at radius 3 is 2.79 bits per heavy atom. The highest BCUT2D eigenvalue weighted by atomic mass is 16.4. The predicted octanol–water partition coefficient (Wildman–Crippen LogP) is 3.50. The van der Waals surface area contributed by atoms with Gasteiger partial charge in [-0.15, -0.1) is 0 Å². The Kier molecular flexibility index (Phi) is 2.56. The zero-order chi connectivity index (χ0) is 13.4. The van der Waals surface area contributed by atoms with Crippen LogP contribution >= 0.6 is 0 Å². The number of pyridine rings is 1. The van der Waals surface area contributed by atoms with Crippen molar-refractivity contribution in [2.75, 3.05) is 0 Å². The number of rotatable bonds is 2. The molecule has 0 fully saturated rings. The van der Waals surface area contributed by atoms with Gasteiger partial charge in [0.2, 0.25) is 0 Å². The predicted molar refractivity (Wildman–Crippen MR) is 71.1 cm³/mol. The summed E-state index contributed by atoms with van der Waals surface area (Å²) in [5.41, 5.74) is 2.42. The van der Waals surface area contributed by atoms with E-state index >= 15 is 0 Å². The number of carbonyl (C=O) groups is 1. The van der Waals surface area contributed by atoms with E-state index in [1.807, 2.05) is 25.1 Å². The van der Waals surface area contributed by atoms with E-state index in [-0.39, 0.29) is 5.56 Å². The van der Waals surface area contributed by atoms with E-state index < -0.39 is 5.97 Å². The van der Waals surface area contributed by atoms with Gasteiger partial charge in [0.05, 0.1) is 17.3 Å². The van der Waals surface area contributed by atoms with Crippen molar-refractivity contribution in [3.05, 3.63) is 53.8 Å². The van der Waals surface area contributed by atoms with Crippen molar-refractivity contribution in [3.63, 3.8) is 0 Å². The average molecular weight is 253 g/mol. The highest BCUT2D eigenvalue weighted by Crippen LogP contribution is 2.25. The summed E-state index contributed by atoms with van der Waals surface area (Å²) in [5, 5.41) is 9.98. The lowest BCUT2D eigenvalue weighted by Crippen LogP contribution is -2.00. The number of hydrogen-bond acceptors (Lipinski definition) is 3. The second-order valence-corrected chi connectivity index (χ2v) is 4.36. The Labute approximate surface area is 109 Å². The Morgan fingerprint density at radius 1 is 1.26 bits per heavy atom. The largest absolute Gasteiger partial charge is 0.478 e. The lowest BCUT2D eigenvalue weighted by Gasteiger charge is -2.06. The molecule has 0 aliphatic carbocycles. The molecular weight excluding hydrogens is 242 g/mol. The van der Waals surface area contributed by atoms with Crippen LogP contribution < -0.4 is 0 Å². The SMILES string of the molecule is Cc1ccc2nc(-c3ccco3)cc(C(=O)O)c2c1. The van der Waals surface area contributed by atoms with Crippen LogP contribution in [0.15, 0.2) is 47.1 Å². The zero-order valence-electron chi connectivity index (χ0n) is 10.3. The fourth-order valence-corrected chi connectivity index (χ4v) is 2.07. The minimum Gasteiger partial charge on any atom is -0.478 e. The van der Waals surface area contributed by atoms with Crippen LogP contribution in [0.5, 0.6) is 0 Å². The van der Waals surface area contributed by atoms with Gasteiger partial charge in [0.15, 0.2) is 5.76 Å². The fourth-order valence-electron chi connectivity index (χ4n) is 2.07. The summed E-state index contributed by atoms with van der Waals surface area (Å²) in [5.74, 6) is -0.407. The number of carboxylic acid groups (broad SMARTS) is 1. The topological polar surface area (TPSA) is 63.3 Å². The number of benzene rings is 1. The van der Waals surface area contributed by atoms with Gasteiger partial charge >= 0.3 is 5.97 Å². The summed E-state index contributed by atoms with van der Waals surface area (Å²) >= 11 is 0. The number of aromatic carboxylic acids is 1. The number of nitrogens with zero attached hydrogens (tertiary/aromatic N) is 1. The molecule has 3 rings (SSSR count). The molecule has 0 amide bonds. The van der Waals surface area contributed by atoms with Crippen LogP contribution in [0.1, 0.15) is 15.9 Å². The normalized spacial score (nSPS) is 10.8. The van der Waals surface area contributed by atoms with E-state index in [0.29, 0.717) is 22.4 Å². The van der Waals surface area contributed by atoms with Crippen LogP contribution in [0, 0.1) is 6.92 Å². The quantitative estimate of drug-likeness (QED) is 0.759. The van der Waals surface area contributed by atoms with Crippen LogP contribution in [0.25, 0.3) is 22.4 Å². The van der Waals surface area contributed by atoms with E-state index in [4.69, 9.17) is 4.42 Å². The second-order valence-electron chi connectivity index (χ2n) is 4.36. The maximum Gasteiger partial charge on any atom is 0.336 e. The van der Waals surface area contributed by atoms with Crippen molar-refractivity contribution >= 4 is 16.9 Å². The molecule has 0 atom stereocenters. The van der Waals surface area contributed by atoms with E-state index in [2.05, 4.69) is 4.98 Å². The van der Waals surface area contributed by atoms with E-state index in [1.54, 1.807) is 18.2 Å². The maximum absolute atomic E-state index is 11.4. The molecule has 0 saturated heterocycles. The number of fused-ring (bicyclic) bond motifs is 1. The monoisotopic (exact) mass is 253 g/mol. The molecule has 4 heteroatoms. The number of furan rings is 1. The molecule has 3 aromatic rings. The zero-order valence-corrected chi connectivity index (χ0v) is 10.3. The number of aryl methyl sites for hydroxylation is 1. The third kappa shape index (κ3) is 1.97. The van der Waals surface area contributed by atoms with Crippen molar-refractivity contribution in [3.8, 4) is 11.5 Å². The molecule has 4 nitrogen and oxygen atoms in total. The molecule has 2 aromatic heterocycles. The first-order valence-electron chi connectivity index (χ1n) is 5.84. The summed E-state index contributed by atoms with van der Waals surface area (Å²) in [6.45, 7) is 1.92. The third-order valence-electron chi connectivity index (χ3n) is 2.97. The first-order valence-corrected chi connectivity index (χ1v) is 5.84. The Hall–Kier alpha value is -2.62. The summed E-state index contributed by atoms with van der Waals surface area (Å²) in [7, 11) is 0. The van der Waals surface area contributed by atoms with Gasteiger partial charge in [-0.05, 0) is 37.3 Å². The van der Waals surface area contributed by atoms with E-state index in [1.165, 1.54) is 6.26 Å². The lowest BCUT2D eigenvalue weighted by molar-refractivity contribution is 0.0699. The van der Waals surface area contributed by atoms with Gasteiger partial charge in [0, 0.05) is 5.39 Å². The number of aromatic nitrogens is 1. The molecule has 0 radical (unpaired) electrons. The van der Waals surface area contributed by atoms with Gasteiger partial charge in [0.1, 0.15) is 5.69 Å². The summed E-state index contributed by atoms with van der Waals surface area (Å²) < 4.78 is 5.27. The summed E-state index contributed by atoms with van der Waals surface area (Å²) in [6, 6.07) is 10.6. The van der Waals surface area contributed by atoms with Crippen LogP contribution in [-0.4, -0.2) is 16.1 Å². The molecule has 0 aliphatic heterocycles. The van der Waals surface area contributed by atoms with Gasteiger partial charge in [0.25, 0.3) is 0 Å². The fraction of sp³-hybridized carbons (Fsp3) is 0.0667. The second kappa shape index (κ2) is 4.24. The molecule has 0 aliphatic rings. The Morgan fingerprint density at radius 2 is 2.11 bits per heavy atom. The molecule has 0 spiro atoms. The standard InChI is InChI=1S/C15H11NO3/c1-9-4-5-12-10(7-9)11(15(17)18)8-13(16-12)14-3-2-6-19-14/h2-8H,1H3,(H,17,18). The van der Waals surface area contributed by atoms with E-state index in [9.17, 15) is 9.90 Å². The van der Waals surface area contributed by atoms with Gasteiger partial charge < -0.3 is 9.52 Å². The van der Waals surface area contributed by atoms with Gasteiger partial charge in [-0.2, -0.15) is 0 Å². The molecule has 2 heterocycles. The van der Waals surface area contributed by atoms with Crippen LogP contribution in [0.2, 0.25) is 0 Å².